The normalized spacial score (nSPS) is 17.8. The standard InChI is InChI=1S/C19H21ClFN3O/c20-16-9-13(5-6-17(16)21)10-19(25)23-7-8-24-18(12-23)15(11-22-24)14-3-1-2-4-14/h5-6,9,11,14H,1-4,7-8,10,12H2. The van der Waals surface area contributed by atoms with Crippen LogP contribution >= 0.6 is 11.6 Å². The topological polar surface area (TPSA) is 38.1 Å². The Labute approximate surface area is 151 Å². The lowest BCUT2D eigenvalue weighted by atomic mass is 9.97. The molecule has 4 rings (SSSR count). The van der Waals surface area contributed by atoms with Crippen LogP contribution in [0.25, 0.3) is 0 Å². The predicted molar refractivity (Wildman–Crippen MR) is 94.0 cm³/mol. The number of halogens is 2. The first kappa shape index (κ1) is 16.6. The molecule has 0 radical (unpaired) electrons. The van der Waals surface area contributed by atoms with Gasteiger partial charge in [0.25, 0.3) is 0 Å². The average molecular weight is 362 g/mol. The Kier molecular flexibility index (Phi) is 4.50. The lowest BCUT2D eigenvalue weighted by Gasteiger charge is -2.29. The monoisotopic (exact) mass is 361 g/mol. The second-order valence-electron chi connectivity index (χ2n) is 6.99. The zero-order valence-corrected chi connectivity index (χ0v) is 14.8. The van der Waals surface area contributed by atoms with E-state index in [0.717, 1.165) is 12.1 Å². The number of hydrogen-bond donors (Lipinski definition) is 0. The van der Waals surface area contributed by atoms with E-state index in [1.165, 1.54) is 49.1 Å². The van der Waals surface area contributed by atoms with Crippen molar-refractivity contribution in [1.82, 2.24) is 14.7 Å². The molecule has 1 aromatic carbocycles. The molecule has 1 saturated carbocycles. The minimum atomic E-state index is -0.457. The number of carbonyl (C=O) groups is 1. The summed E-state index contributed by atoms with van der Waals surface area (Å²) in [6.45, 7) is 2.00. The summed E-state index contributed by atoms with van der Waals surface area (Å²) in [6, 6.07) is 4.47. The van der Waals surface area contributed by atoms with E-state index in [2.05, 4.69) is 5.10 Å². The van der Waals surface area contributed by atoms with E-state index in [1.54, 1.807) is 6.07 Å². The van der Waals surface area contributed by atoms with Crippen molar-refractivity contribution in [3.63, 3.8) is 0 Å². The van der Waals surface area contributed by atoms with Crippen molar-refractivity contribution >= 4 is 17.5 Å². The van der Waals surface area contributed by atoms with Gasteiger partial charge in [0.2, 0.25) is 5.91 Å². The fraction of sp³-hybridized carbons (Fsp3) is 0.474. The van der Waals surface area contributed by atoms with E-state index in [1.807, 2.05) is 15.8 Å². The van der Waals surface area contributed by atoms with Crippen LogP contribution in [0, 0.1) is 5.82 Å². The van der Waals surface area contributed by atoms with Gasteiger partial charge in [-0.3, -0.25) is 9.48 Å². The lowest BCUT2D eigenvalue weighted by Crippen LogP contribution is -2.39. The summed E-state index contributed by atoms with van der Waals surface area (Å²) in [7, 11) is 0. The van der Waals surface area contributed by atoms with Crippen LogP contribution < -0.4 is 0 Å². The van der Waals surface area contributed by atoms with Crippen molar-refractivity contribution in [3.05, 3.63) is 52.1 Å². The number of rotatable bonds is 3. The van der Waals surface area contributed by atoms with Crippen LogP contribution in [0.3, 0.4) is 0 Å². The summed E-state index contributed by atoms with van der Waals surface area (Å²) in [5, 5.41) is 4.58. The molecular formula is C19H21ClFN3O. The van der Waals surface area contributed by atoms with Crippen LogP contribution in [0.4, 0.5) is 4.39 Å². The van der Waals surface area contributed by atoms with Gasteiger partial charge in [-0.1, -0.05) is 30.5 Å². The molecule has 0 bridgehead atoms. The summed E-state index contributed by atoms with van der Waals surface area (Å²) in [4.78, 5) is 14.6. The van der Waals surface area contributed by atoms with Crippen molar-refractivity contribution < 1.29 is 9.18 Å². The van der Waals surface area contributed by atoms with E-state index in [4.69, 9.17) is 11.6 Å². The lowest BCUT2D eigenvalue weighted by molar-refractivity contribution is -0.132. The molecule has 0 unspecified atom stereocenters. The van der Waals surface area contributed by atoms with Gasteiger partial charge in [0.15, 0.2) is 0 Å². The summed E-state index contributed by atoms with van der Waals surface area (Å²) in [5.74, 6) is 0.183. The molecule has 1 fully saturated rings. The van der Waals surface area contributed by atoms with Crippen LogP contribution in [0.5, 0.6) is 0 Å². The van der Waals surface area contributed by atoms with Gasteiger partial charge in [0.05, 0.1) is 36.4 Å². The molecule has 2 aromatic rings. The molecule has 2 aliphatic rings. The number of aromatic nitrogens is 2. The van der Waals surface area contributed by atoms with E-state index in [-0.39, 0.29) is 17.4 Å². The van der Waals surface area contributed by atoms with Crippen molar-refractivity contribution in [3.8, 4) is 0 Å². The Hall–Kier alpha value is -1.88. The minimum absolute atomic E-state index is 0.0486. The van der Waals surface area contributed by atoms with E-state index in [9.17, 15) is 9.18 Å². The molecule has 132 valence electrons. The van der Waals surface area contributed by atoms with E-state index in [0.29, 0.717) is 19.0 Å². The highest BCUT2D eigenvalue weighted by Crippen LogP contribution is 2.36. The van der Waals surface area contributed by atoms with Gasteiger partial charge in [-0.15, -0.1) is 0 Å². The van der Waals surface area contributed by atoms with Crippen molar-refractivity contribution in [2.24, 2.45) is 0 Å². The number of nitrogens with zero attached hydrogens (tertiary/aromatic N) is 3. The van der Waals surface area contributed by atoms with Gasteiger partial charge in [-0.05, 0) is 42.0 Å². The molecule has 4 nitrogen and oxygen atoms in total. The third-order valence-electron chi connectivity index (χ3n) is 5.39. The average Bonchev–Trinajstić information content (AvgIpc) is 3.26. The highest BCUT2D eigenvalue weighted by Gasteiger charge is 2.28. The number of fused-ring (bicyclic) bond motifs is 1. The van der Waals surface area contributed by atoms with E-state index >= 15 is 0 Å². The molecule has 0 N–H and O–H groups in total. The molecular weight excluding hydrogens is 341 g/mol. The molecule has 2 heterocycles. The third-order valence-corrected chi connectivity index (χ3v) is 5.68. The molecule has 1 aromatic heterocycles. The maximum Gasteiger partial charge on any atom is 0.227 e. The smallest absolute Gasteiger partial charge is 0.227 e. The van der Waals surface area contributed by atoms with Crippen LogP contribution in [0.1, 0.15) is 48.4 Å². The maximum atomic E-state index is 13.3. The molecule has 1 aliphatic carbocycles. The Morgan fingerprint density at radius 2 is 2.08 bits per heavy atom. The first-order valence-corrected chi connectivity index (χ1v) is 9.26. The molecule has 0 spiro atoms. The van der Waals surface area contributed by atoms with Crippen molar-refractivity contribution in [1.29, 1.82) is 0 Å². The zero-order valence-electron chi connectivity index (χ0n) is 14.0. The van der Waals surface area contributed by atoms with Crippen LogP contribution in [0.15, 0.2) is 24.4 Å². The first-order valence-electron chi connectivity index (χ1n) is 8.88. The molecule has 6 heteroatoms. The largest absolute Gasteiger partial charge is 0.335 e. The van der Waals surface area contributed by atoms with Gasteiger partial charge in [0, 0.05) is 6.54 Å². The molecule has 0 saturated heterocycles. The predicted octanol–water partition coefficient (Wildman–Crippen LogP) is 3.92. The Morgan fingerprint density at radius 3 is 2.84 bits per heavy atom. The van der Waals surface area contributed by atoms with Gasteiger partial charge >= 0.3 is 0 Å². The van der Waals surface area contributed by atoms with Gasteiger partial charge in [0.1, 0.15) is 5.82 Å². The number of benzene rings is 1. The fourth-order valence-corrected chi connectivity index (χ4v) is 4.20. The van der Waals surface area contributed by atoms with Crippen molar-refractivity contribution in [2.75, 3.05) is 6.54 Å². The molecule has 25 heavy (non-hydrogen) atoms. The minimum Gasteiger partial charge on any atom is -0.335 e. The van der Waals surface area contributed by atoms with Crippen LogP contribution in [0.2, 0.25) is 5.02 Å². The second kappa shape index (κ2) is 6.79. The highest BCUT2D eigenvalue weighted by atomic mass is 35.5. The SMILES string of the molecule is O=C(Cc1ccc(F)c(Cl)c1)N1CCn2ncc(C3CCCC3)c2C1. The first-order chi connectivity index (χ1) is 12.1. The Balaban J connectivity index is 1.48. The quantitative estimate of drug-likeness (QED) is 0.831. The summed E-state index contributed by atoms with van der Waals surface area (Å²) in [5.41, 5.74) is 3.25. The number of carbonyl (C=O) groups excluding carboxylic acids is 1. The fourth-order valence-electron chi connectivity index (χ4n) is 3.99. The van der Waals surface area contributed by atoms with Gasteiger partial charge in [-0.25, -0.2) is 4.39 Å². The number of hydrogen-bond acceptors (Lipinski definition) is 2. The molecule has 0 atom stereocenters. The highest BCUT2D eigenvalue weighted by molar-refractivity contribution is 6.30. The van der Waals surface area contributed by atoms with Crippen LogP contribution in [-0.2, 0) is 24.3 Å². The van der Waals surface area contributed by atoms with Gasteiger partial charge in [-0.2, -0.15) is 5.10 Å². The van der Waals surface area contributed by atoms with E-state index < -0.39 is 5.82 Å². The zero-order chi connectivity index (χ0) is 17.4. The van der Waals surface area contributed by atoms with Crippen molar-refractivity contribution in [2.45, 2.75) is 51.1 Å². The second-order valence-corrected chi connectivity index (χ2v) is 7.40. The maximum absolute atomic E-state index is 13.3. The summed E-state index contributed by atoms with van der Waals surface area (Å²) < 4.78 is 15.3. The third kappa shape index (κ3) is 3.30. The van der Waals surface area contributed by atoms with Crippen LogP contribution in [-0.4, -0.2) is 27.1 Å². The Bertz CT molecular complexity index is 798. The Morgan fingerprint density at radius 1 is 1.28 bits per heavy atom. The summed E-state index contributed by atoms with van der Waals surface area (Å²) in [6.07, 6.45) is 7.25. The molecule has 1 amide bonds. The molecule has 1 aliphatic heterocycles. The van der Waals surface area contributed by atoms with Gasteiger partial charge < -0.3 is 4.90 Å². The summed E-state index contributed by atoms with van der Waals surface area (Å²) >= 11 is 5.82. The number of amides is 1.